The third-order valence-corrected chi connectivity index (χ3v) is 10.1. The van der Waals surface area contributed by atoms with Gasteiger partial charge in [0.25, 0.3) is 0 Å². The number of aryl methyl sites for hydroxylation is 1. The number of aromatic nitrogens is 2. The van der Waals surface area contributed by atoms with Gasteiger partial charge in [-0.25, -0.2) is 24.0 Å². The maximum Gasteiger partial charge on any atom is 0.490 e. The van der Waals surface area contributed by atoms with Gasteiger partial charge in [-0.1, -0.05) is 51.1 Å². The van der Waals surface area contributed by atoms with Crippen molar-refractivity contribution in [3.63, 3.8) is 0 Å². The molecule has 1 fully saturated rings. The number of anilines is 1. The van der Waals surface area contributed by atoms with Gasteiger partial charge in [0.05, 0.1) is 13.2 Å². The van der Waals surface area contributed by atoms with E-state index in [-0.39, 0.29) is 5.82 Å². The van der Waals surface area contributed by atoms with Crippen LogP contribution in [0.15, 0.2) is 47.4 Å². The quantitative estimate of drug-likeness (QED) is 0.0694. The van der Waals surface area contributed by atoms with Crippen LogP contribution in [0.1, 0.15) is 39.0 Å². The van der Waals surface area contributed by atoms with Crippen molar-refractivity contribution in [2.24, 2.45) is 0 Å². The van der Waals surface area contributed by atoms with Crippen molar-refractivity contribution in [2.75, 3.05) is 38.3 Å². The number of aliphatic hydroxyl groups is 2. The Morgan fingerprint density at radius 2 is 1.57 bits per heavy atom. The van der Waals surface area contributed by atoms with Crippen molar-refractivity contribution in [1.29, 1.82) is 0 Å². The molecule has 0 bridgehead atoms. The Labute approximate surface area is 265 Å². The largest absolute Gasteiger partial charge is 0.490 e. The van der Waals surface area contributed by atoms with Crippen LogP contribution in [0.2, 0.25) is 0 Å². The van der Waals surface area contributed by atoms with E-state index in [0.29, 0.717) is 13.0 Å². The average Bonchev–Trinajstić information content (AvgIpc) is 3.24. The lowest BCUT2D eigenvalue weighted by Crippen LogP contribution is -2.36. The van der Waals surface area contributed by atoms with Crippen molar-refractivity contribution >= 4 is 29.3 Å². The normalized spacial score (nSPS) is 22.5. The molecule has 0 saturated carbocycles. The number of nitrogens with one attached hydrogen (secondary N) is 1. The SMILES string of the molecule is CCN(CC)CC.O=c1nc(NOCCCc2ccccc2)ccn1[C@@H]1O[C@H](COP(=O)(O)OP(=O)(O)OP(=O)(O)O)[C@@H](O)[C@H]1O. The molecule has 262 valence electrons. The molecule has 1 aromatic carbocycles. The second kappa shape index (κ2) is 18.6. The van der Waals surface area contributed by atoms with Gasteiger partial charge in [0.15, 0.2) is 12.0 Å². The molecule has 2 heterocycles. The summed E-state index contributed by atoms with van der Waals surface area (Å²) in [5, 5.41) is 20.5. The fraction of sp³-hybridized carbons (Fsp3) is 0.583. The fourth-order valence-electron chi connectivity index (χ4n) is 4.02. The number of phosphoric acid groups is 3. The molecule has 2 unspecified atom stereocenters. The molecule has 3 rings (SSSR count). The minimum Gasteiger partial charge on any atom is -0.387 e. The minimum atomic E-state index is -5.75. The van der Waals surface area contributed by atoms with Crippen LogP contribution in [0, 0.1) is 0 Å². The first-order valence-corrected chi connectivity index (χ1v) is 18.6. The van der Waals surface area contributed by atoms with Crippen LogP contribution in [0.4, 0.5) is 5.82 Å². The minimum absolute atomic E-state index is 0.0493. The van der Waals surface area contributed by atoms with Crippen molar-refractivity contribution in [3.05, 3.63) is 58.6 Å². The van der Waals surface area contributed by atoms with Crippen LogP contribution in [0.25, 0.3) is 0 Å². The monoisotopic (exact) mass is 718 g/mol. The van der Waals surface area contributed by atoms with Crippen LogP contribution in [0.3, 0.4) is 0 Å². The molecule has 0 aliphatic carbocycles. The molecule has 0 amide bonds. The highest BCUT2D eigenvalue weighted by molar-refractivity contribution is 7.66. The van der Waals surface area contributed by atoms with Crippen LogP contribution >= 0.6 is 23.5 Å². The molecule has 0 spiro atoms. The third kappa shape index (κ3) is 14.1. The second-order valence-corrected chi connectivity index (χ2v) is 14.0. The molecule has 46 heavy (non-hydrogen) atoms. The summed E-state index contributed by atoms with van der Waals surface area (Å²) in [6, 6.07) is 11.1. The maximum absolute atomic E-state index is 12.5. The molecule has 1 aliphatic heterocycles. The number of rotatable bonds is 17. The standard InChI is InChI=1S/C18H26N3O15P3.C6H15N/c22-15-13(11-33-38(28,29)36-39(30,31)35-37(25,26)27)34-17(16(15)23)21-9-8-14(19-18(21)24)20-32-10-4-7-12-5-2-1-3-6-12;1-4-7(5-2)6-3/h1-3,5-6,8-9,13,15-17,22-23H,4,7,10-11H2,(H,28,29)(H,30,31)(H,19,20,24)(H2,25,26,27);4-6H2,1-3H3/t13-,15-,16-,17-;/m1./s1. The maximum atomic E-state index is 12.5. The summed E-state index contributed by atoms with van der Waals surface area (Å²) in [5.74, 6) is 0.0493. The van der Waals surface area contributed by atoms with E-state index in [1.807, 2.05) is 30.3 Å². The zero-order valence-corrected chi connectivity index (χ0v) is 28.0. The Morgan fingerprint density at radius 1 is 0.935 bits per heavy atom. The summed E-state index contributed by atoms with van der Waals surface area (Å²) in [6.07, 6.45) is -3.96. The highest BCUT2D eigenvalue weighted by atomic mass is 31.3. The topological polar surface area (TPSA) is 269 Å². The number of hydrogen-bond acceptors (Lipinski definition) is 14. The first kappa shape index (κ1) is 40.3. The lowest BCUT2D eigenvalue weighted by Gasteiger charge is -2.19. The van der Waals surface area contributed by atoms with Gasteiger partial charge in [0, 0.05) is 6.20 Å². The highest BCUT2D eigenvalue weighted by Crippen LogP contribution is 2.66. The van der Waals surface area contributed by atoms with Gasteiger partial charge < -0.3 is 39.4 Å². The Bertz CT molecular complexity index is 1400. The predicted octanol–water partition coefficient (Wildman–Crippen LogP) is 1.53. The molecular weight excluding hydrogens is 677 g/mol. The molecule has 1 saturated heterocycles. The van der Waals surface area contributed by atoms with Crippen molar-refractivity contribution in [1.82, 2.24) is 14.5 Å². The summed E-state index contributed by atoms with van der Waals surface area (Å²) in [4.78, 5) is 59.7. The fourth-order valence-corrected chi connectivity index (χ4v) is 7.05. The Hall–Kier alpha value is -1.89. The molecule has 1 aromatic heterocycles. The van der Waals surface area contributed by atoms with E-state index in [1.54, 1.807) is 0 Å². The van der Waals surface area contributed by atoms with E-state index >= 15 is 0 Å². The van der Waals surface area contributed by atoms with E-state index in [4.69, 9.17) is 19.4 Å². The number of nitrogens with zero attached hydrogens (tertiary/aromatic N) is 3. The average molecular weight is 719 g/mol. The van der Waals surface area contributed by atoms with Crippen LogP contribution < -0.4 is 11.2 Å². The van der Waals surface area contributed by atoms with Crippen LogP contribution in [-0.4, -0.2) is 95.4 Å². The number of benzene rings is 1. The first-order valence-electron chi connectivity index (χ1n) is 14.0. The summed E-state index contributed by atoms with van der Waals surface area (Å²) in [7, 11) is -16.8. The van der Waals surface area contributed by atoms with Gasteiger partial charge in [-0.3, -0.25) is 13.9 Å². The molecule has 7 N–H and O–H groups in total. The van der Waals surface area contributed by atoms with Crippen LogP contribution in [-0.2, 0) is 42.8 Å². The van der Waals surface area contributed by atoms with Gasteiger partial charge in [0.2, 0.25) is 0 Å². The lowest BCUT2D eigenvalue weighted by molar-refractivity contribution is -0.0541. The van der Waals surface area contributed by atoms with E-state index in [9.17, 15) is 38.5 Å². The summed E-state index contributed by atoms with van der Waals surface area (Å²) >= 11 is 0. The number of aliphatic hydroxyl groups excluding tert-OH is 2. The Morgan fingerprint density at radius 3 is 2.11 bits per heavy atom. The third-order valence-electron chi connectivity index (χ3n) is 6.33. The molecule has 6 atom stereocenters. The first-order chi connectivity index (χ1) is 21.5. The Balaban J connectivity index is 0.000000942. The molecule has 1 aliphatic rings. The predicted molar refractivity (Wildman–Crippen MR) is 162 cm³/mol. The second-order valence-electron chi connectivity index (χ2n) is 9.59. The molecule has 22 heteroatoms. The van der Waals surface area contributed by atoms with E-state index in [0.717, 1.165) is 16.6 Å². The number of ether oxygens (including phenoxy) is 1. The van der Waals surface area contributed by atoms with Crippen molar-refractivity contribution in [2.45, 2.75) is 58.2 Å². The van der Waals surface area contributed by atoms with Gasteiger partial charge in [-0.2, -0.15) is 13.6 Å². The van der Waals surface area contributed by atoms with Crippen molar-refractivity contribution < 1.29 is 66.2 Å². The number of phosphoric ester groups is 1. The van der Waals surface area contributed by atoms with Crippen LogP contribution in [0.5, 0.6) is 0 Å². The Kier molecular flexibility index (Phi) is 16.3. The smallest absolute Gasteiger partial charge is 0.387 e. The zero-order valence-electron chi connectivity index (χ0n) is 25.3. The van der Waals surface area contributed by atoms with E-state index < -0.39 is 60.3 Å². The van der Waals surface area contributed by atoms with Gasteiger partial charge in [0.1, 0.15) is 18.3 Å². The summed E-state index contributed by atoms with van der Waals surface area (Å²) in [5.41, 5.74) is 2.74. The van der Waals surface area contributed by atoms with Crippen molar-refractivity contribution in [3.8, 4) is 0 Å². The number of hydrogen-bond donors (Lipinski definition) is 7. The van der Waals surface area contributed by atoms with E-state index in [1.165, 1.54) is 31.9 Å². The van der Waals surface area contributed by atoms with Gasteiger partial charge in [-0.15, -0.1) is 0 Å². The highest BCUT2D eigenvalue weighted by Gasteiger charge is 2.46. The zero-order chi connectivity index (χ0) is 34.5. The van der Waals surface area contributed by atoms with Gasteiger partial charge >= 0.3 is 29.2 Å². The molecule has 19 nitrogen and oxygen atoms in total. The molecular formula is C24H41N4O15P3. The molecule has 2 aromatic rings. The molecule has 0 radical (unpaired) electrons. The lowest BCUT2D eigenvalue weighted by atomic mass is 10.1. The van der Waals surface area contributed by atoms with Gasteiger partial charge in [-0.05, 0) is 44.1 Å². The summed E-state index contributed by atoms with van der Waals surface area (Å²) in [6.45, 7) is 9.41. The summed E-state index contributed by atoms with van der Waals surface area (Å²) < 4.78 is 51.6. The van der Waals surface area contributed by atoms with E-state index in [2.05, 4.69) is 49.3 Å².